The standard InChI is InChI=1S/C20H21NO3/c1-23-19-8-4-5-9-20(19)24-17-12-10-16(11-13-17)21-14-15-6-2-3-7-18(15)22/h4-5,8-14,21H,2-3,6-7H2,1H3. The van der Waals surface area contributed by atoms with Gasteiger partial charge in [0.25, 0.3) is 0 Å². The van der Waals surface area contributed by atoms with E-state index in [-0.39, 0.29) is 5.78 Å². The highest BCUT2D eigenvalue weighted by Gasteiger charge is 2.14. The third-order valence-electron chi connectivity index (χ3n) is 4.02. The van der Waals surface area contributed by atoms with E-state index in [1.165, 1.54) is 0 Å². The lowest BCUT2D eigenvalue weighted by molar-refractivity contribution is -0.116. The lowest BCUT2D eigenvalue weighted by Crippen LogP contribution is -2.09. The molecule has 0 radical (unpaired) electrons. The first kappa shape index (κ1) is 16.1. The van der Waals surface area contributed by atoms with Crippen LogP contribution in [0.25, 0.3) is 0 Å². The van der Waals surface area contributed by atoms with Gasteiger partial charge in [0.05, 0.1) is 7.11 Å². The van der Waals surface area contributed by atoms with E-state index in [9.17, 15) is 4.79 Å². The molecule has 1 N–H and O–H groups in total. The van der Waals surface area contributed by atoms with Crippen LogP contribution in [-0.2, 0) is 4.79 Å². The van der Waals surface area contributed by atoms with Crippen molar-refractivity contribution < 1.29 is 14.3 Å². The van der Waals surface area contributed by atoms with Crippen LogP contribution >= 0.6 is 0 Å². The first-order valence-electron chi connectivity index (χ1n) is 8.16. The third-order valence-corrected chi connectivity index (χ3v) is 4.02. The number of carbonyl (C=O) groups excluding carboxylic acids is 1. The zero-order valence-electron chi connectivity index (χ0n) is 13.7. The van der Waals surface area contributed by atoms with Crippen LogP contribution in [-0.4, -0.2) is 12.9 Å². The Bertz CT molecular complexity index is 735. The number of anilines is 1. The molecule has 1 saturated carbocycles. The molecule has 0 amide bonds. The van der Waals surface area contributed by atoms with Crippen molar-refractivity contribution in [2.45, 2.75) is 25.7 Å². The maximum absolute atomic E-state index is 11.8. The van der Waals surface area contributed by atoms with E-state index in [0.717, 1.165) is 36.3 Å². The highest BCUT2D eigenvalue weighted by Crippen LogP contribution is 2.31. The van der Waals surface area contributed by atoms with E-state index in [0.29, 0.717) is 17.9 Å². The minimum Gasteiger partial charge on any atom is -0.493 e. The molecular weight excluding hydrogens is 302 g/mol. The summed E-state index contributed by atoms with van der Waals surface area (Å²) < 4.78 is 11.1. The Morgan fingerprint density at radius 2 is 1.67 bits per heavy atom. The summed E-state index contributed by atoms with van der Waals surface area (Å²) in [4.78, 5) is 11.8. The Kier molecular flexibility index (Phi) is 5.16. The maximum Gasteiger partial charge on any atom is 0.169 e. The Labute approximate surface area is 142 Å². The van der Waals surface area contributed by atoms with Crippen LogP contribution in [0.15, 0.2) is 60.3 Å². The number of hydrogen-bond donors (Lipinski definition) is 1. The number of rotatable bonds is 5. The summed E-state index contributed by atoms with van der Waals surface area (Å²) in [5.41, 5.74) is 1.81. The van der Waals surface area contributed by atoms with Gasteiger partial charge in [-0.25, -0.2) is 0 Å². The van der Waals surface area contributed by atoms with Crippen molar-refractivity contribution in [2.24, 2.45) is 0 Å². The van der Waals surface area contributed by atoms with Gasteiger partial charge in [0.1, 0.15) is 5.75 Å². The van der Waals surface area contributed by atoms with Crippen LogP contribution in [0, 0.1) is 0 Å². The molecule has 0 saturated heterocycles. The molecule has 3 rings (SSSR count). The molecule has 2 aromatic carbocycles. The lowest BCUT2D eigenvalue weighted by Gasteiger charge is -2.13. The molecule has 24 heavy (non-hydrogen) atoms. The summed E-state index contributed by atoms with van der Waals surface area (Å²) in [7, 11) is 1.62. The second-order valence-electron chi connectivity index (χ2n) is 5.72. The number of ether oxygens (including phenoxy) is 2. The van der Waals surface area contributed by atoms with Gasteiger partial charge in [0.15, 0.2) is 17.3 Å². The summed E-state index contributed by atoms with van der Waals surface area (Å²) in [5.74, 6) is 2.35. The molecule has 4 heteroatoms. The highest BCUT2D eigenvalue weighted by molar-refractivity contribution is 5.96. The number of methoxy groups -OCH3 is 1. The Hall–Kier alpha value is -2.75. The van der Waals surface area contributed by atoms with Gasteiger partial charge in [0.2, 0.25) is 0 Å². The number of ketones is 1. The molecule has 0 aromatic heterocycles. The first-order valence-corrected chi connectivity index (χ1v) is 8.16. The molecule has 1 aliphatic rings. The minimum atomic E-state index is 0.255. The molecule has 4 nitrogen and oxygen atoms in total. The predicted octanol–water partition coefficient (Wildman–Crippen LogP) is 4.93. The van der Waals surface area contributed by atoms with Crippen molar-refractivity contribution in [3.63, 3.8) is 0 Å². The van der Waals surface area contributed by atoms with Gasteiger partial charge in [0, 0.05) is 23.9 Å². The van der Waals surface area contributed by atoms with E-state index in [4.69, 9.17) is 9.47 Å². The van der Waals surface area contributed by atoms with Crippen LogP contribution in [0.1, 0.15) is 25.7 Å². The van der Waals surface area contributed by atoms with Crippen LogP contribution in [0.2, 0.25) is 0 Å². The fourth-order valence-corrected chi connectivity index (χ4v) is 2.67. The molecule has 1 aliphatic carbocycles. The van der Waals surface area contributed by atoms with E-state index in [1.54, 1.807) is 7.11 Å². The van der Waals surface area contributed by atoms with Crippen LogP contribution in [0.3, 0.4) is 0 Å². The van der Waals surface area contributed by atoms with Crippen molar-refractivity contribution >= 4 is 11.5 Å². The predicted molar refractivity (Wildman–Crippen MR) is 94.7 cm³/mol. The van der Waals surface area contributed by atoms with Gasteiger partial charge in [-0.15, -0.1) is 0 Å². The number of carbonyl (C=O) groups is 1. The summed E-state index contributed by atoms with van der Waals surface area (Å²) in [6.07, 6.45) is 5.45. The van der Waals surface area contributed by atoms with Crippen molar-refractivity contribution in [1.29, 1.82) is 0 Å². The Balaban J connectivity index is 1.65. The zero-order valence-corrected chi connectivity index (χ0v) is 13.7. The van der Waals surface area contributed by atoms with Crippen LogP contribution in [0.4, 0.5) is 5.69 Å². The molecule has 0 atom stereocenters. The molecule has 0 spiro atoms. The number of para-hydroxylation sites is 2. The number of allylic oxidation sites excluding steroid dienone is 1. The molecule has 0 unspecified atom stereocenters. The molecule has 0 heterocycles. The van der Waals surface area contributed by atoms with Crippen molar-refractivity contribution in [3.8, 4) is 17.2 Å². The number of nitrogens with one attached hydrogen (secondary N) is 1. The van der Waals surface area contributed by atoms with Crippen molar-refractivity contribution in [3.05, 3.63) is 60.3 Å². The second-order valence-corrected chi connectivity index (χ2v) is 5.72. The molecular formula is C20H21NO3. The normalized spacial score (nSPS) is 16.0. The van der Waals surface area contributed by atoms with Crippen molar-refractivity contribution in [2.75, 3.05) is 12.4 Å². The Morgan fingerprint density at radius 1 is 0.958 bits per heavy atom. The van der Waals surface area contributed by atoms with Gasteiger partial charge < -0.3 is 14.8 Å². The third kappa shape index (κ3) is 3.96. The summed E-state index contributed by atoms with van der Waals surface area (Å²) >= 11 is 0. The molecule has 0 bridgehead atoms. The number of benzene rings is 2. The summed E-state index contributed by atoms with van der Waals surface area (Å²) in [6, 6.07) is 15.2. The zero-order chi connectivity index (χ0) is 16.8. The maximum atomic E-state index is 11.8. The van der Waals surface area contributed by atoms with Gasteiger partial charge in [-0.3, -0.25) is 4.79 Å². The van der Waals surface area contributed by atoms with Gasteiger partial charge in [-0.2, -0.15) is 0 Å². The highest BCUT2D eigenvalue weighted by atomic mass is 16.5. The van der Waals surface area contributed by atoms with E-state index in [2.05, 4.69) is 5.32 Å². The topological polar surface area (TPSA) is 47.6 Å². The fraction of sp³-hybridized carbons (Fsp3) is 0.250. The van der Waals surface area contributed by atoms with E-state index < -0.39 is 0 Å². The monoisotopic (exact) mass is 323 g/mol. The molecule has 0 aliphatic heterocycles. The smallest absolute Gasteiger partial charge is 0.169 e. The van der Waals surface area contributed by atoms with Gasteiger partial charge >= 0.3 is 0 Å². The molecule has 2 aromatic rings. The average Bonchev–Trinajstić information content (AvgIpc) is 2.63. The SMILES string of the molecule is COc1ccccc1Oc1ccc(NC=C2CCCCC2=O)cc1. The Morgan fingerprint density at radius 3 is 2.38 bits per heavy atom. The average molecular weight is 323 g/mol. The number of hydrogen-bond acceptors (Lipinski definition) is 4. The quantitative estimate of drug-likeness (QED) is 0.793. The second kappa shape index (κ2) is 7.68. The van der Waals surface area contributed by atoms with Gasteiger partial charge in [-0.05, 0) is 55.7 Å². The largest absolute Gasteiger partial charge is 0.493 e. The van der Waals surface area contributed by atoms with E-state index >= 15 is 0 Å². The minimum absolute atomic E-state index is 0.255. The van der Waals surface area contributed by atoms with Gasteiger partial charge in [-0.1, -0.05) is 12.1 Å². The fourth-order valence-electron chi connectivity index (χ4n) is 2.67. The molecule has 1 fully saturated rings. The van der Waals surface area contributed by atoms with Crippen LogP contribution in [0.5, 0.6) is 17.2 Å². The van der Waals surface area contributed by atoms with Crippen LogP contribution < -0.4 is 14.8 Å². The molecule has 124 valence electrons. The summed E-state index contributed by atoms with van der Waals surface area (Å²) in [6.45, 7) is 0. The number of Topliss-reactive ketones (excluding diaryl/α,β-unsaturated/α-hetero) is 1. The lowest BCUT2D eigenvalue weighted by atomic mass is 9.94. The van der Waals surface area contributed by atoms with E-state index in [1.807, 2.05) is 54.7 Å². The first-order chi connectivity index (χ1) is 11.8. The van der Waals surface area contributed by atoms with Crippen molar-refractivity contribution in [1.82, 2.24) is 0 Å². The summed E-state index contributed by atoms with van der Waals surface area (Å²) in [5, 5.41) is 3.20.